The highest BCUT2D eigenvalue weighted by Crippen LogP contribution is 2.25. The van der Waals surface area contributed by atoms with Crippen LogP contribution in [0.4, 0.5) is 4.39 Å². The van der Waals surface area contributed by atoms with Gasteiger partial charge in [-0.05, 0) is 35.6 Å². The normalized spacial score (nSPS) is 10.8. The molecule has 0 fully saturated rings. The van der Waals surface area contributed by atoms with Gasteiger partial charge in [0.25, 0.3) is 0 Å². The lowest BCUT2D eigenvalue weighted by Crippen LogP contribution is -1.98. The first-order valence-electron chi connectivity index (χ1n) is 6.59. The Bertz CT molecular complexity index is 633. The van der Waals surface area contributed by atoms with Gasteiger partial charge in [-0.1, -0.05) is 44.2 Å². The van der Waals surface area contributed by atoms with E-state index >= 15 is 0 Å². The zero-order chi connectivity index (χ0) is 14.7. The summed E-state index contributed by atoms with van der Waals surface area (Å²) in [5.74, 6) is -1.10. The van der Waals surface area contributed by atoms with E-state index in [4.69, 9.17) is 5.11 Å². The predicted octanol–water partition coefficient (Wildman–Crippen LogP) is 4.39. The number of rotatable bonds is 4. The zero-order valence-corrected chi connectivity index (χ0v) is 11.6. The molecule has 2 aromatic rings. The molecular weight excluding hydrogens is 255 g/mol. The van der Waals surface area contributed by atoms with E-state index in [0.717, 1.165) is 23.6 Å². The first-order valence-corrected chi connectivity index (χ1v) is 6.59. The van der Waals surface area contributed by atoms with E-state index in [1.807, 2.05) is 24.3 Å². The Balaban J connectivity index is 2.38. The van der Waals surface area contributed by atoms with Crippen molar-refractivity contribution in [3.8, 4) is 11.1 Å². The summed E-state index contributed by atoms with van der Waals surface area (Å²) in [6.45, 7) is 4.27. The molecule has 0 saturated carbocycles. The van der Waals surface area contributed by atoms with Crippen LogP contribution in [0.15, 0.2) is 42.5 Å². The molecule has 2 rings (SSSR count). The molecule has 0 amide bonds. The summed E-state index contributed by atoms with van der Waals surface area (Å²) in [6.07, 6.45) is 0.933. The summed E-state index contributed by atoms with van der Waals surface area (Å²) in [4.78, 5) is 10.8. The maximum Gasteiger partial charge on any atom is 0.335 e. The average Bonchev–Trinajstić information content (AvgIpc) is 2.38. The molecule has 0 radical (unpaired) electrons. The Morgan fingerprint density at radius 3 is 2.55 bits per heavy atom. The molecule has 104 valence electrons. The Kier molecular flexibility index (Phi) is 4.18. The van der Waals surface area contributed by atoms with Gasteiger partial charge in [-0.2, -0.15) is 0 Å². The fraction of sp³-hybridized carbons (Fsp3) is 0.235. The van der Waals surface area contributed by atoms with Gasteiger partial charge in [0.1, 0.15) is 5.82 Å². The van der Waals surface area contributed by atoms with Gasteiger partial charge in [-0.3, -0.25) is 0 Å². The summed E-state index contributed by atoms with van der Waals surface area (Å²) in [7, 11) is 0. The summed E-state index contributed by atoms with van der Waals surface area (Å²) in [5, 5.41) is 8.85. The van der Waals surface area contributed by atoms with Gasteiger partial charge >= 0.3 is 5.97 Å². The quantitative estimate of drug-likeness (QED) is 0.896. The van der Waals surface area contributed by atoms with Crippen molar-refractivity contribution in [1.29, 1.82) is 0 Å². The number of benzene rings is 2. The van der Waals surface area contributed by atoms with E-state index < -0.39 is 11.8 Å². The van der Waals surface area contributed by atoms with Gasteiger partial charge < -0.3 is 5.11 Å². The molecule has 1 N–H and O–H groups in total. The van der Waals surface area contributed by atoms with Crippen LogP contribution in [-0.4, -0.2) is 11.1 Å². The fourth-order valence-electron chi connectivity index (χ4n) is 2.22. The number of aromatic carboxylic acids is 1. The van der Waals surface area contributed by atoms with Gasteiger partial charge in [0.05, 0.1) is 5.56 Å². The average molecular weight is 272 g/mol. The molecule has 2 aromatic carbocycles. The third-order valence-electron chi connectivity index (χ3n) is 3.10. The van der Waals surface area contributed by atoms with Crippen molar-refractivity contribution < 1.29 is 14.3 Å². The molecule has 0 atom stereocenters. The SMILES string of the molecule is CC(C)Cc1cccc(-c2ccc(C(=O)O)cc2F)c1. The van der Waals surface area contributed by atoms with Crippen LogP contribution in [-0.2, 0) is 6.42 Å². The molecule has 2 nitrogen and oxygen atoms in total. The van der Waals surface area contributed by atoms with Crippen molar-refractivity contribution in [2.24, 2.45) is 5.92 Å². The summed E-state index contributed by atoms with van der Waals surface area (Å²) in [6, 6.07) is 11.7. The van der Waals surface area contributed by atoms with Crippen LogP contribution in [0.1, 0.15) is 29.8 Å². The van der Waals surface area contributed by atoms with Crippen LogP contribution < -0.4 is 0 Å². The standard InChI is InChI=1S/C17H17FO2/c1-11(2)8-12-4-3-5-13(9-12)15-7-6-14(17(19)20)10-16(15)18/h3-7,9-11H,8H2,1-2H3,(H,19,20). The number of hydrogen-bond donors (Lipinski definition) is 1. The lowest BCUT2D eigenvalue weighted by molar-refractivity contribution is 0.0696. The largest absolute Gasteiger partial charge is 0.478 e. The summed E-state index contributed by atoms with van der Waals surface area (Å²) < 4.78 is 14.0. The van der Waals surface area contributed by atoms with E-state index in [-0.39, 0.29) is 5.56 Å². The first-order chi connectivity index (χ1) is 9.47. The molecule has 3 heteroatoms. The van der Waals surface area contributed by atoms with Gasteiger partial charge in [0.2, 0.25) is 0 Å². The fourth-order valence-corrected chi connectivity index (χ4v) is 2.22. The maximum atomic E-state index is 14.0. The Morgan fingerprint density at radius 2 is 1.95 bits per heavy atom. The van der Waals surface area contributed by atoms with Gasteiger partial charge in [0, 0.05) is 5.56 Å². The highest BCUT2D eigenvalue weighted by Gasteiger charge is 2.10. The highest BCUT2D eigenvalue weighted by molar-refractivity contribution is 5.88. The Labute approximate surface area is 117 Å². The molecule has 0 bridgehead atoms. The molecule has 0 aliphatic carbocycles. The van der Waals surface area contributed by atoms with E-state index in [1.165, 1.54) is 12.1 Å². The lowest BCUT2D eigenvalue weighted by Gasteiger charge is -2.09. The molecule has 0 unspecified atom stereocenters. The number of carboxylic acid groups (broad SMARTS) is 1. The lowest BCUT2D eigenvalue weighted by atomic mass is 9.97. The molecule has 0 saturated heterocycles. The van der Waals surface area contributed by atoms with Crippen molar-refractivity contribution in [2.75, 3.05) is 0 Å². The molecule has 0 spiro atoms. The number of halogens is 1. The number of hydrogen-bond acceptors (Lipinski definition) is 1. The van der Waals surface area contributed by atoms with Crippen LogP contribution >= 0.6 is 0 Å². The molecule has 0 aliphatic rings. The monoisotopic (exact) mass is 272 g/mol. The van der Waals surface area contributed by atoms with Crippen LogP contribution in [0.2, 0.25) is 0 Å². The van der Waals surface area contributed by atoms with Crippen LogP contribution in [0, 0.1) is 11.7 Å². The second kappa shape index (κ2) is 5.87. The topological polar surface area (TPSA) is 37.3 Å². The van der Waals surface area contributed by atoms with E-state index in [1.54, 1.807) is 0 Å². The van der Waals surface area contributed by atoms with Crippen LogP contribution in [0.5, 0.6) is 0 Å². The van der Waals surface area contributed by atoms with Crippen molar-refractivity contribution in [3.63, 3.8) is 0 Å². The van der Waals surface area contributed by atoms with Gasteiger partial charge in [-0.25, -0.2) is 9.18 Å². The molecule has 0 aromatic heterocycles. The first kappa shape index (κ1) is 14.3. The second-order valence-electron chi connectivity index (χ2n) is 5.30. The minimum absolute atomic E-state index is 0.0374. The Morgan fingerprint density at radius 1 is 1.20 bits per heavy atom. The number of carbonyl (C=O) groups is 1. The van der Waals surface area contributed by atoms with Gasteiger partial charge in [0.15, 0.2) is 0 Å². The van der Waals surface area contributed by atoms with Crippen molar-refractivity contribution in [1.82, 2.24) is 0 Å². The van der Waals surface area contributed by atoms with Crippen LogP contribution in [0.25, 0.3) is 11.1 Å². The van der Waals surface area contributed by atoms with Gasteiger partial charge in [-0.15, -0.1) is 0 Å². The third kappa shape index (κ3) is 3.23. The van der Waals surface area contributed by atoms with Crippen molar-refractivity contribution in [2.45, 2.75) is 20.3 Å². The zero-order valence-electron chi connectivity index (χ0n) is 11.6. The minimum Gasteiger partial charge on any atom is -0.478 e. The highest BCUT2D eigenvalue weighted by atomic mass is 19.1. The summed E-state index contributed by atoms with van der Waals surface area (Å²) in [5.41, 5.74) is 2.32. The third-order valence-corrected chi connectivity index (χ3v) is 3.10. The predicted molar refractivity (Wildman–Crippen MR) is 77.3 cm³/mol. The van der Waals surface area contributed by atoms with Crippen molar-refractivity contribution >= 4 is 5.97 Å². The van der Waals surface area contributed by atoms with E-state index in [0.29, 0.717) is 11.5 Å². The second-order valence-corrected chi connectivity index (χ2v) is 5.30. The smallest absolute Gasteiger partial charge is 0.335 e. The van der Waals surface area contributed by atoms with Crippen molar-refractivity contribution in [3.05, 3.63) is 59.4 Å². The summed E-state index contributed by atoms with van der Waals surface area (Å²) >= 11 is 0. The Hall–Kier alpha value is -2.16. The molecular formula is C17H17FO2. The minimum atomic E-state index is -1.12. The van der Waals surface area contributed by atoms with E-state index in [9.17, 15) is 9.18 Å². The maximum absolute atomic E-state index is 14.0. The number of carboxylic acids is 1. The van der Waals surface area contributed by atoms with E-state index in [2.05, 4.69) is 13.8 Å². The molecule has 0 aliphatic heterocycles. The molecule has 0 heterocycles. The molecule has 20 heavy (non-hydrogen) atoms. The van der Waals surface area contributed by atoms with Crippen LogP contribution in [0.3, 0.4) is 0 Å².